The Kier molecular flexibility index (Phi) is 6.36. The molecule has 2 fully saturated rings. The molecule has 2 aromatic rings. The number of halogens is 1. The predicted molar refractivity (Wildman–Crippen MR) is 130 cm³/mol. The van der Waals surface area contributed by atoms with Gasteiger partial charge < -0.3 is 19.7 Å². The summed E-state index contributed by atoms with van der Waals surface area (Å²) in [6, 6.07) is 14.5. The van der Waals surface area contributed by atoms with Crippen LogP contribution in [-0.4, -0.2) is 37.3 Å². The number of nitrogens with one attached hydrogen (secondary N) is 1. The van der Waals surface area contributed by atoms with Gasteiger partial charge in [0.05, 0.1) is 12.2 Å². The van der Waals surface area contributed by atoms with Crippen LogP contribution in [0.5, 0.6) is 5.75 Å². The number of rotatable bonds is 5. The second-order valence-electron chi connectivity index (χ2n) is 8.83. The third kappa shape index (κ3) is 5.00. The largest absolute Gasteiger partial charge is 0.490 e. The highest BCUT2D eigenvalue weighted by Gasteiger charge is 2.29. The van der Waals surface area contributed by atoms with Gasteiger partial charge in [0.15, 0.2) is 0 Å². The van der Waals surface area contributed by atoms with Crippen LogP contribution in [0.4, 0.5) is 5.69 Å². The van der Waals surface area contributed by atoms with E-state index < -0.39 is 0 Å². The molecule has 2 aliphatic heterocycles. The molecular formula is C25H29IN2O3. The van der Waals surface area contributed by atoms with Gasteiger partial charge in [-0.1, -0.05) is 0 Å². The van der Waals surface area contributed by atoms with Crippen molar-refractivity contribution in [2.24, 2.45) is 0 Å². The molecule has 3 aliphatic rings. The van der Waals surface area contributed by atoms with Gasteiger partial charge in [-0.25, -0.2) is 0 Å². The fourth-order valence-electron chi connectivity index (χ4n) is 4.98. The zero-order chi connectivity index (χ0) is 21.2. The Morgan fingerprint density at radius 2 is 1.71 bits per heavy atom. The first kappa shape index (κ1) is 21.1. The van der Waals surface area contributed by atoms with Crippen molar-refractivity contribution in [1.82, 2.24) is 5.32 Å². The highest BCUT2D eigenvalue weighted by molar-refractivity contribution is 14.1. The lowest BCUT2D eigenvalue weighted by Gasteiger charge is -2.37. The molecule has 31 heavy (non-hydrogen) atoms. The lowest BCUT2D eigenvalue weighted by atomic mass is 9.94. The number of hydrogen-bond donors (Lipinski definition) is 1. The van der Waals surface area contributed by atoms with Crippen molar-refractivity contribution in [1.29, 1.82) is 0 Å². The van der Waals surface area contributed by atoms with E-state index in [4.69, 9.17) is 9.47 Å². The maximum Gasteiger partial charge on any atom is 0.251 e. The number of fused-ring (bicyclic) bond motifs is 1. The minimum Gasteiger partial charge on any atom is -0.490 e. The molecule has 2 atom stereocenters. The van der Waals surface area contributed by atoms with E-state index in [2.05, 4.69) is 69.2 Å². The number of piperidine rings is 1. The van der Waals surface area contributed by atoms with Gasteiger partial charge in [-0.15, -0.1) is 0 Å². The summed E-state index contributed by atoms with van der Waals surface area (Å²) in [4.78, 5) is 14.2. The number of amides is 1. The minimum absolute atomic E-state index is 0.0467. The maximum atomic E-state index is 11.8. The van der Waals surface area contributed by atoms with Gasteiger partial charge >= 0.3 is 0 Å². The van der Waals surface area contributed by atoms with Crippen LogP contribution >= 0.6 is 22.6 Å². The molecule has 5 nitrogen and oxygen atoms in total. The van der Waals surface area contributed by atoms with E-state index in [0.29, 0.717) is 18.8 Å². The molecule has 1 N–H and O–H groups in total. The van der Waals surface area contributed by atoms with Gasteiger partial charge in [-0.3, -0.25) is 4.79 Å². The molecule has 5 rings (SSSR count). The quantitative estimate of drug-likeness (QED) is 0.557. The van der Waals surface area contributed by atoms with Crippen molar-refractivity contribution in [2.75, 3.05) is 18.0 Å². The van der Waals surface area contributed by atoms with Crippen LogP contribution in [-0.2, 0) is 11.3 Å². The number of ether oxygens (including phenoxy) is 2. The molecule has 1 aliphatic carbocycles. The van der Waals surface area contributed by atoms with Crippen molar-refractivity contribution in [3.63, 3.8) is 0 Å². The molecule has 1 saturated carbocycles. The standard InChI is InChI=1S/C25H29IN2O3/c26-18-4-7-20(8-5-18)30-22-2-1-3-23(15-22)31-21-10-12-28(13-11-21)19-6-9-24-17(14-19)16-27-25(24)29/h4-9,14,21-23H,1-3,10-13,15-16H2,(H,27,29)/t22-,23+/m1/s1. The second-order valence-corrected chi connectivity index (χ2v) is 10.1. The van der Waals surface area contributed by atoms with Crippen molar-refractivity contribution < 1.29 is 14.3 Å². The van der Waals surface area contributed by atoms with E-state index in [1.165, 1.54) is 15.7 Å². The molecule has 164 valence electrons. The normalized spacial score (nSPS) is 24.0. The molecule has 1 saturated heterocycles. The van der Waals surface area contributed by atoms with E-state index in [1.807, 2.05) is 6.07 Å². The van der Waals surface area contributed by atoms with Gasteiger partial charge in [-0.05, 0) is 103 Å². The topological polar surface area (TPSA) is 50.8 Å². The van der Waals surface area contributed by atoms with Crippen molar-refractivity contribution >= 4 is 34.2 Å². The molecule has 0 radical (unpaired) electrons. The molecule has 2 aromatic carbocycles. The summed E-state index contributed by atoms with van der Waals surface area (Å²) in [5, 5.41) is 2.90. The Labute approximate surface area is 197 Å². The summed E-state index contributed by atoms with van der Waals surface area (Å²) >= 11 is 2.32. The third-order valence-corrected chi connectivity index (χ3v) is 7.38. The SMILES string of the molecule is O=C1NCc2cc(N3CCC(O[C@H]4CCC[C@@H](Oc5ccc(I)cc5)C4)CC3)ccc21. The highest BCUT2D eigenvalue weighted by Crippen LogP contribution is 2.30. The van der Waals surface area contributed by atoms with Crippen LogP contribution in [0.25, 0.3) is 0 Å². The van der Waals surface area contributed by atoms with Gasteiger partial charge in [0.2, 0.25) is 0 Å². The van der Waals surface area contributed by atoms with Crippen LogP contribution in [0.1, 0.15) is 54.4 Å². The number of carbonyl (C=O) groups excluding carboxylic acids is 1. The van der Waals surface area contributed by atoms with Gasteiger partial charge in [0.25, 0.3) is 5.91 Å². The summed E-state index contributed by atoms with van der Waals surface area (Å²) in [5.74, 6) is 1.01. The molecule has 0 bridgehead atoms. The molecule has 0 unspecified atom stereocenters. The molecule has 0 spiro atoms. The van der Waals surface area contributed by atoms with Gasteiger partial charge in [0.1, 0.15) is 11.9 Å². The van der Waals surface area contributed by atoms with Crippen LogP contribution in [0.2, 0.25) is 0 Å². The molecule has 2 heterocycles. The zero-order valence-corrected chi connectivity index (χ0v) is 19.8. The summed E-state index contributed by atoms with van der Waals surface area (Å²) < 4.78 is 14.0. The zero-order valence-electron chi connectivity index (χ0n) is 17.7. The summed E-state index contributed by atoms with van der Waals surface area (Å²) in [6.45, 7) is 2.65. The number of carbonyl (C=O) groups is 1. The summed E-state index contributed by atoms with van der Waals surface area (Å²) in [5.41, 5.74) is 3.15. The summed E-state index contributed by atoms with van der Waals surface area (Å²) in [6.07, 6.45) is 7.38. The van der Waals surface area contributed by atoms with Crippen LogP contribution in [0, 0.1) is 3.57 Å². The minimum atomic E-state index is 0.0467. The molecule has 0 aromatic heterocycles. The lowest BCUT2D eigenvalue weighted by molar-refractivity contribution is -0.0595. The van der Waals surface area contributed by atoms with Crippen LogP contribution in [0.15, 0.2) is 42.5 Å². The van der Waals surface area contributed by atoms with E-state index in [9.17, 15) is 4.79 Å². The number of nitrogens with zero attached hydrogens (tertiary/aromatic N) is 1. The van der Waals surface area contributed by atoms with Crippen molar-refractivity contribution in [3.8, 4) is 5.75 Å². The first-order chi connectivity index (χ1) is 15.1. The van der Waals surface area contributed by atoms with E-state index >= 15 is 0 Å². The molecule has 1 amide bonds. The fourth-order valence-corrected chi connectivity index (χ4v) is 5.34. The van der Waals surface area contributed by atoms with Crippen molar-refractivity contribution in [3.05, 3.63) is 57.2 Å². The monoisotopic (exact) mass is 532 g/mol. The fraction of sp³-hybridized carbons (Fsp3) is 0.480. The number of hydrogen-bond acceptors (Lipinski definition) is 4. The Bertz CT molecular complexity index is 925. The van der Waals surface area contributed by atoms with E-state index in [1.54, 1.807) is 0 Å². The van der Waals surface area contributed by atoms with Crippen LogP contribution < -0.4 is 15.0 Å². The number of anilines is 1. The first-order valence-corrected chi connectivity index (χ1v) is 12.5. The Balaban J connectivity index is 1.11. The molecule has 6 heteroatoms. The van der Waals surface area contributed by atoms with E-state index in [-0.39, 0.29) is 12.0 Å². The van der Waals surface area contributed by atoms with Gasteiger partial charge in [-0.2, -0.15) is 0 Å². The highest BCUT2D eigenvalue weighted by atomic mass is 127. The lowest BCUT2D eigenvalue weighted by Crippen LogP contribution is -2.40. The number of benzene rings is 2. The average Bonchev–Trinajstić information content (AvgIpc) is 3.16. The molecular weight excluding hydrogens is 503 g/mol. The smallest absolute Gasteiger partial charge is 0.251 e. The Hall–Kier alpha value is -1.80. The second kappa shape index (κ2) is 9.36. The summed E-state index contributed by atoms with van der Waals surface area (Å²) in [7, 11) is 0. The maximum absolute atomic E-state index is 11.8. The van der Waals surface area contributed by atoms with E-state index in [0.717, 1.165) is 62.1 Å². The Morgan fingerprint density at radius 3 is 2.52 bits per heavy atom. The van der Waals surface area contributed by atoms with Gasteiger partial charge in [0, 0.05) is 40.9 Å². The third-order valence-electron chi connectivity index (χ3n) is 6.66. The Morgan fingerprint density at radius 1 is 0.935 bits per heavy atom. The first-order valence-electron chi connectivity index (χ1n) is 11.4. The average molecular weight is 532 g/mol. The van der Waals surface area contributed by atoms with Crippen LogP contribution in [0.3, 0.4) is 0 Å². The predicted octanol–water partition coefficient (Wildman–Crippen LogP) is 4.91. The van der Waals surface area contributed by atoms with Crippen molar-refractivity contribution in [2.45, 2.75) is 63.4 Å².